The summed E-state index contributed by atoms with van der Waals surface area (Å²) in [6.45, 7) is 3.07. The highest BCUT2D eigenvalue weighted by Crippen LogP contribution is 2.22. The summed E-state index contributed by atoms with van der Waals surface area (Å²) in [5, 5.41) is 1.03. The first-order valence-corrected chi connectivity index (χ1v) is 9.76. The van der Waals surface area contributed by atoms with Crippen molar-refractivity contribution in [3.8, 4) is 0 Å². The zero-order valence-electron chi connectivity index (χ0n) is 13.1. The second-order valence-corrected chi connectivity index (χ2v) is 7.70. The Morgan fingerprint density at radius 3 is 2.58 bits per heavy atom. The summed E-state index contributed by atoms with van der Waals surface area (Å²) >= 11 is 6.76. The van der Waals surface area contributed by atoms with Gasteiger partial charge >= 0.3 is 16.2 Å². The molecule has 1 heterocycles. The third-order valence-corrected chi connectivity index (χ3v) is 5.43. The molecule has 1 aromatic rings. The first kappa shape index (κ1) is 18.6. The molecule has 1 aliphatic heterocycles. The SMILES string of the molecule is CSC1=NS(=O)(=O)N(C(C)C)C(=O)N1NC(=O)c1cccc(Cl)c1. The minimum Gasteiger partial charge on any atom is -0.267 e. The van der Waals surface area contributed by atoms with Crippen molar-refractivity contribution in [2.45, 2.75) is 19.9 Å². The summed E-state index contributed by atoms with van der Waals surface area (Å²) in [5.41, 5.74) is 2.59. The number of carbonyl (C=O) groups excluding carboxylic acids is 2. The van der Waals surface area contributed by atoms with Crippen molar-refractivity contribution in [2.24, 2.45) is 4.40 Å². The van der Waals surface area contributed by atoms with Crippen LogP contribution in [-0.2, 0) is 10.2 Å². The van der Waals surface area contributed by atoms with Crippen LogP contribution in [0, 0.1) is 0 Å². The Morgan fingerprint density at radius 1 is 1.38 bits per heavy atom. The molecule has 130 valence electrons. The van der Waals surface area contributed by atoms with Crippen LogP contribution in [0.25, 0.3) is 0 Å². The minimum atomic E-state index is -4.14. The van der Waals surface area contributed by atoms with Crippen LogP contribution >= 0.6 is 23.4 Å². The highest BCUT2D eigenvalue weighted by molar-refractivity contribution is 8.13. The quantitative estimate of drug-likeness (QED) is 0.851. The maximum Gasteiger partial charge on any atom is 0.360 e. The van der Waals surface area contributed by atoms with Crippen molar-refractivity contribution < 1.29 is 18.0 Å². The molecule has 0 spiro atoms. The third kappa shape index (κ3) is 3.65. The molecule has 1 aliphatic rings. The van der Waals surface area contributed by atoms with Crippen molar-refractivity contribution >= 4 is 50.7 Å². The first-order chi connectivity index (χ1) is 11.2. The lowest BCUT2D eigenvalue weighted by atomic mass is 10.2. The van der Waals surface area contributed by atoms with Gasteiger partial charge in [-0.05, 0) is 38.3 Å². The van der Waals surface area contributed by atoms with E-state index in [1.165, 1.54) is 26.0 Å². The predicted molar refractivity (Wildman–Crippen MR) is 93.0 cm³/mol. The molecule has 1 N–H and O–H groups in total. The molecule has 0 saturated carbocycles. The second-order valence-electron chi connectivity index (χ2n) is 5.01. The third-order valence-electron chi connectivity index (χ3n) is 2.96. The van der Waals surface area contributed by atoms with Crippen molar-refractivity contribution in [3.05, 3.63) is 34.9 Å². The van der Waals surface area contributed by atoms with Gasteiger partial charge in [0.1, 0.15) is 0 Å². The number of amidine groups is 1. The van der Waals surface area contributed by atoms with Crippen molar-refractivity contribution in [1.82, 2.24) is 14.7 Å². The summed E-state index contributed by atoms with van der Waals surface area (Å²) in [7, 11) is -4.14. The Kier molecular flexibility index (Phi) is 5.41. The minimum absolute atomic E-state index is 0.146. The van der Waals surface area contributed by atoms with Crippen LogP contribution in [-0.4, -0.2) is 47.1 Å². The molecule has 0 aromatic heterocycles. The van der Waals surface area contributed by atoms with Crippen LogP contribution < -0.4 is 5.43 Å². The second kappa shape index (κ2) is 6.99. The number of hydrogen-bond acceptors (Lipinski definition) is 5. The lowest BCUT2D eigenvalue weighted by Gasteiger charge is -2.34. The summed E-state index contributed by atoms with van der Waals surface area (Å²) in [5.74, 6) is -0.615. The van der Waals surface area contributed by atoms with Gasteiger partial charge in [-0.15, -0.1) is 4.40 Å². The van der Waals surface area contributed by atoms with Crippen LogP contribution in [0.2, 0.25) is 5.02 Å². The van der Waals surface area contributed by atoms with Gasteiger partial charge in [-0.3, -0.25) is 10.2 Å². The topological polar surface area (TPSA) is 99.2 Å². The van der Waals surface area contributed by atoms with Gasteiger partial charge in [-0.25, -0.2) is 4.79 Å². The molecule has 0 aliphatic carbocycles. The van der Waals surface area contributed by atoms with Gasteiger partial charge in [0, 0.05) is 16.6 Å². The van der Waals surface area contributed by atoms with E-state index in [2.05, 4.69) is 9.82 Å². The van der Waals surface area contributed by atoms with Crippen molar-refractivity contribution in [1.29, 1.82) is 0 Å². The summed E-state index contributed by atoms with van der Waals surface area (Å²) in [6, 6.07) is 4.58. The van der Waals surface area contributed by atoms with Gasteiger partial charge in [-0.2, -0.15) is 17.7 Å². The number of rotatable bonds is 3. The van der Waals surface area contributed by atoms with Gasteiger partial charge in [0.2, 0.25) is 5.17 Å². The number of benzene rings is 1. The Bertz CT molecular complexity index is 810. The number of thioether (sulfide) groups is 1. The van der Waals surface area contributed by atoms with Crippen LogP contribution in [0.5, 0.6) is 0 Å². The highest BCUT2D eigenvalue weighted by Gasteiger charge is 2.41. The lowest BCUT2D eigenvalue weighted by Crippen LogP contribution is -2.59. The van der Waals surface area contributed by atoms with E-state index < -0.39 is 28.2 Å². The maximum atomic E-state index is 12.5. The van der Waals surface area contributed by atoms with Crippen LogP contribution in [0.15, 0.2) is 28.7 Å². The largest absolute Gasteiger partial charge is 0.360 e. The highest BCUT2D eigenvalue weighted by atomic mass is 35.5. The molecular formula is C13H15ClN4O4S2. The smallest absolute Gasteiger partial charge is 0.267 e. The van der Waals surface area contributed by atoms with E-state index in [0.717, 1.165) is 16.8 Å². The first-order valence-electron chi connectivity index (χ1n) is 6.76. The molecule has 24 heavy (non-hydrogen) atoms. The van der Waals surface area contributed by atoms with Crippen molar-refractivity contribution in [2.75, 3.05) is 6.26 Å². The summed E-state index contributed by atoms with van der Waals surface area (Å²) in [4.78, 5) is 24.8. The molecule has 11 heteroatoms. The molecule has 0 unspecified atom stereocenters. The zero-order valence-corrected chi connectivity index (χ0v) is 15.4. The molecule has 0 radical (unpaired) electrons. The van der Waals surface area contributed by atoms with Crippen LogP contribution in [0.4, 0.5) is 4.79 Å². The fourth-order valence-electron chi connectivity index (χ4n) is 1.97. The number of urea groups is 1. The average molecular weight is 391 g/mol. The number of nitrogens with zero attached hydrogens (tertiary/aromatic N) is 3. The number of amides is 3. The molecule has 0 atom stereocenters. The Balaban J connectivity index is 2.37. The number of hydrazine groups is 1. The van der Waals surface area contributed by atoms with Gasteiger partial charge < -0.3 is 0 Å². The number of nitrogens with one attached hydrogen (secondary N) is 1. The molecule has 0 saturated heterocycles. The van der Waals surface area contributed by atoms with E-state index in [-0.39, 0.29) is 10.7 Å². The number of halogens is 1. The van der Waals surface area contributed by atoms with E-state index in [0.29, 0.717) is 9.33 Å². The predicted octanol–water partition coefficient (Wildman–Crippen LogP) is 2.09. The Hall–Kier alpha value is -1.78. The van der Waals surface area contributed by atoms with E-state index in [1.54, 1.807) is 18.4 Å². The molecule has 0 fully saturated rings. The standard InChI is InChI=1S/C13H15ClN4O4S2/c1-8(2)18-13(20)17(12(23-3)16-24(18,21)22)15-11(19)9-5-4-6-10(14)7-9/h4-8H,1-3H3,(H,15,19). The molecular weight excluding hydrogens is 376 g/mol. The van der Waals surface area contributed by atoms with E-state index >= 15 is 0 Å². The zero-order chi connectivity index (χ0) is 18.1. The molecule has 1 aromatic carbocycles. The molecule has 8 nitrogen and oxygen atoms in total. The average Bonchev–Trinajstić information content (AvgIpc) is 2.48. The van der Waals surface area contributed by atoms with Gasteiger partial charge in [-0.1, -0.05) is 29.4 Å². The van der Waals surface area contributed by atoms with E-state index in [9.17, 15) is 18.0 Å². The molecule has 3 amide bonds. The summed E-state index contributed by atoms with van der Waals surface area (Å²) in [6.07, 6.45) is 1.55. The van der Waals surface area contributed by atoms with Crippen LogP contribution in [0.1, 0.15) is 24.2 Å². The normalized spacial score (nSPS) is 17.0. The lowest BCUT2D eigenvalue weighted by molar-refractivity contribution is 0.0872. The number of carbonyl (C=O) groups is 2. The van der Waals surface area contributed by atoms with Crippen molar-refractivity contribution in [3.63, 3.8) is 0 Å². The molecule has 0 bridgehead atoms. The van der Waals surface area contributed by atoms with E-state index in [4.69, 9.17) is 11.6 Å². The monoisotopic (exact) mass is 390 g/mol. The Morgan fingerprint density at radius 2 is 2.04 bits per heavy atom. The van der Waals surface area contributed by atoms with Gasteiger partial charge in [0.15, 0.2) is 0 Å². The maximum absolute atomic E-state index is 12.5. The molecule has 2 rings (SSSR count). The number of hydrogen-bond donors (Lipinski definition) is 1. The van der Waals surface area contributed by atoms with E-state index in [1.807, 2.05) is 0 Å². The van der Waals surface area contributed by atoms with Gasteiger partial charge in [0.25, 0.3) is 5.91 Å². The van der Waals surface area contributed by atoms with Crippen LogP contribution in [0.3, 0.4) is 0 Å². The van der Waals surface area contributed by atoms with Gasteiger partial charge in [0.05, 0.1) is 0 Å². The summed E-state index contributed by atoms with van der Waals surface area (Å²) < 4.78 is 28.4. The fraction of sp³-hybridized carbons (Fsp3) is 0.308. The fourth-order valence-corrected chi connectivity index (χ4v) is 4.23. The Labute approximate surface area is 149 Å².